The van der Waals surface area contributed by atoms with Crippen molar-refractivity contribution < 1.29 is 9.47 Å². The normalized spacial score (nSPS) is 39.3. The van der Waals surface area contributed by atoms with Crippen LogP contribution in [-0.2, 0) is 9.47 Å². The molecule has 2 fully saturated rings. The van der Waals surface area contributed by atoms with Gasteiger partial charge in [-0.05, 0) is 32.2 Å². The van der Waals surface area contributed by atoms with E-state index in [-0.39, 0.29) is 12.2 Å². The standard InChI is InChI=1S/C16H32N2O2/c1-5-6-12-7-8-13(17-2)14(9-12)18-10-15(19-3)16(11-18)20-4/h12-17H,5-11H2,1-4H3. The van der Waals surface area contributed by atoms with Gasteiger partial charge in [0.25, 0.3) is 0 Å². The molecule has 1 N–H and O–H groups in total. The first kappa shape index (κ1) is 16.2. The van der Waals surface area contributed by atoms with E-state index in [1.165, 1.54) is 32.1 Å². The van der Waals surface area contributed by atoms with Crippen molar-refractivity contribution in [1.29, 1.82) is 0 Å². The molecule has 5 unspecified atom stereocenters. The molecule has 2 rings (SSSR count). The number of likely N-dealkylation sites (tertiary alicyclic amines) is 1. The van der Waals surface area contributed by atoms with Gasteiger partial charge >= 0.3 is 0 Å². The minimum absolute atomic E-state index is 0.226. The Hall–Kier alpha value is -0.160. The van der Waals surface area contributed by atoms with Crippen LogP contribution in [0.25, 0.3) is 0 Å². The lowest BCUT2D eigenvalue weighted by atomic mass is 9.79. The maximum atomic E-state index is 5.59. The van der Waals surface area contributed by atoms with Crippen LogP contribution in [0.4, 0.5) is 0 Å². The lowest BCUT2D eigenvalue weighted by molar-refractivity contribution is -0.00461. The molecule has 4 heteroatoms. The summed E-state index contributed by atoms with van der Waals surface area (Å²) < 4.78 is 11.2. The predicted molar refractivity (Wildman–Crippen MR) is 82.1 cm³/mol. The number of rotatable bonds is 6. The molecule has 0 radical (unpaired) electrons. The van der Waals surface area contributed by atoms with Crippen molar-refractivity contribution in [2.75, 3.05) is 34.4 Å². The number of hydrogen-bond acceptors (Lipinski definition) is 4. The number of hydrogen-bond donors (Lipinski definition) is 1. The zero-order valence-electron chi connectivity index (χ0n) is 13.6. The fourth-order valence-corrected chi connectivity index (χ4v) is 4.14. The summed E-state index contributed by atoms with van der Waals surface area (Å²) in [6.45, 7) is 4.32. The number of nitrogens with one attached hydrogen (secondary N) is 1. The van der Waals surface area contributed by atoms with Crippen LogP contribution in [-0.4, -0.2) is 63.5 Å². The topological polar surface area (TPSA) is 33.7 Å². The number of methoxy groups -OCH3 is 2. The molecule has 1 aliphatic carbocycles. The Bertz CT molecular complexity index is 276. The zero-order valence-corrected chi connectivity index (χ0v) is 13.6. The first-order valence-electron chi connectivity index (χ1n) is 8.20. The monoisotopic (exact) mass is 284 g/mol. The minimum Gasteiger partial charge on any atom is -0.377 e. The van der Waals surface area contributed by atoms with Gasteiger partial charge in [0.2, 0.25) is 0 Å². The average molecular weight is 284 g/mol. The molecule has 2 aliphatic rings. The van der Waals surface area contributed by atoms with E-state index in [1.54, 1.807) is 14.2 Å². The average Bonchev–Trinajstić information content (AvgIpc) is 2.90. The first-order valence-corrected chi connectivity index (χ1v) is 8.20. The summed E-state index contributed by atoms with van der Waals surface area (Å²) in [6.07, 6.45) is 7.15. The van der Waals surface area contributed by atoms with Crippen molar-refractivity contribution >= 4 is 0 Å². The summed E-state index contributed by atoms with van der Waals surface area (Å²) in [4.78, 5) is 2.60. The second-order valence-electron chi connectivity index (χ2n) is 6.43. The third-order valence-electron chi connectivity index (χ3n) is 5.31. The molecule has 5 atom stereocenters. The molecule has 20 heavy (non-hydrogen) atoms. The zero-order chi connectivity index (χ0) is 14.5. The van der Waals surface area contributed by atoms with Crippen molar-refractivity contribution in [1.82, 2.24) is 10.2 Å². The molecule has 0 aromatic rings. The third-order valence-corrected chi connectivity index (χ3v) is 5.31. The van der Waals surface area contributed by atoms with E-state index in [2.05, 4.69) is 24.2 Å². The number of likely N-dealkylation sites (N-methyl/N-ethyl adjacent to an activating group) is 1. The van der Waals surface area contributed by atoms with E-state index in [9.17, 15) is 0 Å². The molecule has 1 heterocycles. The summed E-state index contributed by atoms with van der Waals surface area (Å²) in [7, 11) is 5.71. The summed E-state index contributed by atoms with van der Waals surface area (Å²) in [5.74, 6) is 0.900. The van der Waals surface area contributed by atoms with Crippen LogP contribution in [0.3, 0.4) is 0 Å². The lowest BCUT2D eigenvalue weighted by Crippen LogP contribution is -2.52. The summed E-state index contributed by atoms with van der Waals surface area (Å²) in [5.41, 5.74) is 0. The van der Waals surface area contributed by atoms with Gasteiger partial charge in [-0.15, -0.1) is 0 Å². The smallest absolute Gasteiger partial charge is 0.0971 e. The van der Waals surface area contributed by atoms with Crippen LogP contribution in [0.1, 0.15) is 39.0 Å². The lowest BCUT2D eigenvalue weighted by Gasteiger charge is -2.41. The third kappa shape index (κ3) is 3.53. The van der Waals surface area contributed by atoms with Gasteiger partial charge in [0, 0.05) is 39.4 Å². The van der Waals surface area contributed by atoms with Crippen LogP contribution in [0.2, 0.25) is 0 Å². The highest BCUT2D eigenvalue weighted by Gasteiger charge is 2.41. The fraction of sp³-hybridized carbons (Fsp3) is 1.00. The van der Waals surface area contributed by atoms with Crippen LogP contribution in [0.15, 0.2) is 0 Å². The predicted octanol–water partition coefficient (Wildman–Crippen LogP) is 1.89. The van der Waals surface area contributed by atoms with Gasteiger partial charge in [-0.1, -0.05) is 19.8 Å². The second-order valence-corrected chi connectivity index (χ2v) is 6.43. The Kier molecular flexibility index (Phi) is 6.27. The largest absolute Gasteiger partial charge is 0.377 e. The highest BCUT2D eigenvalue weighted by Crippen LogP contribution is 2.33. The molecule has 0 aromatic carbocycles. The van der Waals surface area contributed by atoms with E-state index in [1.807, 2.05) is 0 Å². The van der Waals surface area contributed by atoms with Gasteiger partial charge in [0.15, 0.2) is 0 Å². The second kappa shape index (κ2) is 7.74. The molecule has 1 saturated heterocycles. The van der Waals surface area contributed by atoms with Crippen molar-refractivity contribution in [3.8, 4) is 0 Å². The number of ether oxygens (including phenoxy) is 2. The van der Waals surface area contributed by atoms with E-state index in [4.69, 9.17) is 9.47 Å². The van der Waals surface area contributed by atoms with E-state index in [0.29, 0.717) is 12.1 Å². The molecule has 0 amide bonds. The van der Waals surface area contributed by atoms with Gasteiger partial charge in [-0.2, -0.15) is 0 Å². The van der Waals surface area contributed by atoms with Gasteiger partial charge in [0.05, 0.1) is 12.2 Å². The van der Waals surface area contributed by atoms with Crippen LogP contribution in [0.5, 0.6) is 0 Å². The van der Waals surface area contributed by atoms with Gasteiger partial charge in [-0.3, -0.25) is 4.90 Å². The number of nitrogens with zero attached hydrogens (tertiary/aromatic N) is 1. The van der Waals surface area contributed by atoms with Crippen molar-refractivity contribution in [3.63, 3.8) is 0 Å². The minimum atomic E-state index is 0.226. The van der Waals surface area contributed by atoms with Gasteiger partial charge in [-0.25, -0.2) is 0 Å². The maximum absolute atomic E-state index is 5.59. The fourth-order valence-electron chi connectivity index (χ4n) is 4.14. The molecule has 0 bridgehead atoms. The van der Waals surface area contributed by atoms with E-state index < -0.39 is 0 Å². The van der Waals surface area contributed by atoms with Crippen molar-refractivity contribution in [2.24, 2.45) is 5.92 Å². The highest BCUT2D eigenvalue weighted by molar-refractivity contribution is 4.96. The van der Waals surface area contributed by atoms with Crippen molar-refractivity contribution in [3.05, 3.63) is 0 Å². The Morgan fingerprint density at radius 3 is 2.25 bits per heavy atom. The van der Waals surface area contributed by atoms with Crippen LogP contribution >= 0.6 is 0 Å². The van der Waals surface area contributed by atoms with E-state index >= 15 is 0 Å². The molecule has 118 valence electrons. The highest BCUT2D eigenvalue weighted by atomic mass is 16.5. The molecular weight excluding hydrogens is 252 g/mol. The Labute approximate surface area is 124 Å². The molecule has 4 nitrogen and oxygen atoms in total. The quantitative estimate of drug-likeness (QED) is 0.807. The van der Waals surface area contributed by atoms with Gasteiger partial charge < -0.3 is 14.8 Å². The summed E-state index contributed by atoms with van der Waals surface area (Å²) in [5, 5.41) is 3.54. The molecule has 1 aliphatic heterocycles. The Morgan fingerprint density at radius 2 is 1.75 bits per heavy atom. The Morgan fingerprint density at radius 1 is 1.10 bits per heavy atom. The summed E-state index contributed by atoms with van der Waals surface area (Å²) in [6, 6.07) is 1.26. The maximum Gasteiger partial charge on any atom is 0.0971 e. The van der Waals surface area contributed by atoms with Crippen molar-refractivity contribution in [2.45, 2.75) is 63.3 Å². The Balaban J connectivity index is 2.00. The van der Waals surface area contributed by atoms with Crippen LogP contribution < -0.4 is 5.32 Å². The van der Waals surface area contributed by atoms with Crippen LogP contribution in [0, 0.1) is 5.92 Å². The molecule has 0 aromatic heterocycles. The summed E-state index contributed by atoms with van der Waals surface area (Å²) >= 11 is 0. The molecule has 1 saturated carbocycles. The van der Waals surface area contributed by atoms with Gasteiger partial charge in [0.1, 0.15) is 0 Å². The molecular formula is C16H32N2O2. The van der Waals surface area contributed by atoms with E-state index in [0.717, 1.165) is 19.0 Å². The SMILES string of the molecule is CCCC1CCC(NC)C(N2CC(OC)C(OC)C2)C1. The first-order chi connectivity index (χ1) is 9.73. The molecule has 0 spiro atoms.